The molecule has 2 aromatic heterocycles. The van der Waals surface area contributed by atoms with Crippen LogP contribution in [0.3, 0.4) is 0 Å². The van der Waals surface area contributed by atoms with Gasteiger partial charge in [0.15, 0.2) is 5.75 Å². The molecule has 0 amide bonds. The normalized spacial score (nSPS) is 22.2. The quantitative estimate of drug-likeness (QED) is 0.300. The zero-order valence-electron chi connectivity index (χ0n) is 25.7. The highest BCUT2D eigenvalue weighted by atomic mass is 35.5. The first-order chi connectivity index (χ1) is 22.0. The highest BCUT2D eigenvalue weighted by Crippen LogP contribution is 2.52. The average molecular weight is 690 g/mol. The van der Waals surface area contributed by atoms with E-state index in [1.165, 1.54) is 6.26 Å². The summed E-state index contributed by atoms with van der Waals surface area (Å²) in [6, 6.07) is 9.29. The van der Waals surface area contributed by atoms with Gasteiger partial charge in [-0.05, 0) is 73.5 Å². The summed E-state index contributed by atoms with van der Waals surface area (Å²) in [5, 5.41) is 9.97. The third-order valence-corrected chi connectivity index (χ3v) is 10.5. The highest BCUT2D eigenvalue weighted by Gasteiger charge is 2.51. The lowest BCUT2D eigenvalue weighted by atomic mass is 10.1. The first kappa shape index (κ1) is 32.9. The molecular formula is C32H38Cl2N6O5S. The van der Waals surface area contributed by atoms with Crippen LogP contribution in [0.2, 0.25) is 10.0 Å². The van der Waals surface area contributed by atoms with Crippen LogP contribution >= 0.6 is 23.2 Å². The van der Waals surface area contributed by atoms with E-state index in [4.69, 9.17) is 38.0 Å². The molecule has 0 spiro atoms. The van der Waals surface area contributed by atoms with E-state index in [0.29, 0.717) is 83.0 Å². The number of piperazine rings is 1. The van der Waals surface area contributed by atoms with E-state index in [1.807, 2.05) is 24.3 Å². The number of anilines is 1. The lowest BCUT2D eigenvalue weighted by molar-refractivity contribution is -0.137. The molecule has 0 bridgehead atoms. The molecule has 2 saturated heterocycles. The maximum Gasteiger partial charge on any atom is 0.304 e. The van der Waals surface area contributed by atoms with Crippen LogP contribution < -0.4 is 9.64 Å². The van der Waals surface area contributed by atoms with Gasteiger partial charge in [-0.1, -0.05) is 23.2 Å². The molecule has 1 unspecified atom stereocenters. The maximum absolute atomic E-state index is 11.8. The van der Waals surface area contributed by atoms with Crippen molar-refractivity contribution in [2.45, 2.75) is 25.8 Å². The Kier molecular flexibility index (Phi) is 10.0. The van der Waals surface area contributed by atoms with E-state index in [-0.39, 0.29) is 6.42 Å². The molecule has 2 aliphatic heterocycles. The fraction of sp³-hybridized carbons (Fsp3) is 0.500. The van der Waals surface area contributed by atoms with Crippen LogP contribution in [0.1, 0.15) is 24.8 Å². The molecule has 1 saturated carbocycles. The molecule has 1 aliphatic carbocycles. The van der Waals surface area contributed by atoms with Gasteiger partial charge in [-0.15, -0.1) is 0 Å². The number of aliphatic carboxylic acids is 1. The van der Waals surface area contributed by atoms with Gasteiger partial charge in [0.05, 0.1) is 30.3 Å². The van der Waals surface area contributed by atoms with Gasteiger partial charge in [-0.3, -0.25) is 14.6 Å². The number of hydrogen-bond acceptors (Lipinski definition) is 10. The van der Waals surface area contributed by atoms with Crippen LogP contribution in [0.4, 0.5) is 5.95 Å². The van der Waals surface area contributed by atoms with E-state index in [2.05, 4.69) is 24.7 Å². The average Bonchev–Trinajstić information content (AvgIpc) is 3.70. The van der Waals surface area contributed by atoms with Crippen molar-refractivity contribution in [3.8, 4) is 22.9 Å². The fourth-order valence-electron chi connectivity index (χ4n) is 6.79. The summed E-state index contributed by atoms with van der Waals surface area (Å²) in [6.45, 7) is 5.98. The Morgan fingerprint density at radius 3 is 2.20 bits per heavy atom. The third kappa shape index (κ3) is 8.65. The van der Waals surface area contributed by atoms with Gasteiger partial charge < -0.3 is 14.7 Å². The summed E-state index contributed by atoms with van der Waals surface area (Å²) in [4.78, 5) is 31.4. The van der Waals surface area contributed by atoms with E-state index >= 15 is 0 Å². The van der Waals surface area contributed by atoms with Gasteiger partial charge in [0.25, 0.3) is 0 Å². The predicted octanol–water partition coefficient (Wildman–Crippen LogP) is 4.74. The lowest BCUT2D eigenvalue weighted by Gasteiger charge is -2.34. The number of carbonyl (C=O) groups is 1. The van der Waals surface area contributed by atoms with Gasteiger partial charge in [-0.2, -0.15) is 0 Å². The Morgan fingerprint density at radius 2 is 1.59 bits per heavy atom. The van der Waals surface area contributed by atoms with Crippen LogP contribution in [-0.4, -0.2) is 102 Å². The second kappa shape index (κ2) is 14.0. The number of sulfone groups is 1. The monoisotopic (exact) mass is 688 g/mol. The molecular weight excluding hydrogens is 651 g/mol. The van der Waals surface area contributed by atoms with Gasteiger partial charge in [0.1, 0.15) is 9.84 Å². The Bertz CT molecular complexity index is 1640. The molecule has 3 fully saturated rings. The van der Waals surface area contributed by atoms with Crippen molar-refractivity contribution >= 4 is 45.0 Å². The molecule has 0 radical (unpaired) electrons. The van der Waals surface area contributed by atoms with Crippen molar-refractivity contribution in [2.24, 2.45) is 17.8 Å². The maximum atomic E-state index is 11.8. The molecule has 1 aromatic carbocycles. The smallest absolute Gasteiger partial charge is 0.304 e. The minimum absolute atomic E-state index is 0.135. The second-order valence-electron chi connectivity index (χ2n) is 12.6. The van der Waals surface area contributed by atoms with Crippen LogP contribution in [0.15, 0.2) is 42.7 Å². The number of hydrogen-bond donors (Lipinski definition) is 1. The molecule has 11 nitrogen and oxygen atoms in total. The molecule has 14 heteroatoms. The Balaban J connectivity index is 1.14. The Labute approximate surface area is 279 Å². The number of benzene rings is 1. The van der Waals surface area contributed by atoms with Crippen molar-refractivity contribution in [3.05, 3.63) is 58.3 Å². The van der Waals surface area contributed by atoms with Crippen LogP contribution in [0.5, 0.6) is 11.6 Å². The molecule has 3 atom stereocenters. The van der Waals surface area contributed by atoms with Crippen molar-refractivity contribution in [1.29, 1.82) is 0 Å². The van der Waals surface area contributed by atoms with Crippen molar-refractivity contribution in [2.75, 3.05) is 62.7 Å². The summed E-state index contributed by atoms with van der Waals surface area (Å²) in [7, 11) is -2.96. The Hall–Kier alpha value is -3.03. The summed E-state index contributed by atoms with van der Waals surface area (Å²) in [5.41, 5.74) is 2.48. The van der Waals surface area contributed by atoms with E-state index < -0.39 is 15.8 Å². The van der Waals surface area contributed by atoms with E-state index in [1.54, 1.807) is 18.5 Å². The first-order valence-corrected chi connectivity index (χ1v) is 18.4. The summed E-state index contributed by atoms with van der Waals surface area (Å²) < 4.78 is 29.9. The third-order valence-electron chi connectivity index (χ3n) is 9.12. The number of likely N-dealkylation sites (tertiary alicyclic amines) is 1. The standard InChI is InChI=1S/C32H38Cl2N6O5S/c1-46(43,44)20-28-26-2-5-39(6-3-27(26)28)19-21-12-29(22-14-23(33)16-24(34)15-22)37-30(13-21)45-25-17-35-32(36-18-25)40-10-8-38(9-11-40)7-4-31(41)42/h12-18,26-28H,2-11,19-20H2,1H3,(H,41,42)/t26-,27+,28?. The minimum atomic E-state index is -2.96. The van der Waals surface area contributed by atoms with Crippen LogP contribution in [0, 0.1) is 17.8 Å². The Morgan fingerprint density at radius 1 is 0.935 bits per heavy atom. The number of fused-ring (bicyclic) bond motifs is 1. The van der Waals surface area contributed by atoms with Crippen LogP contribution in [0.25, 0.3) is 11.3 Å². The zero-order chi connectivity index (χ0) is 32.4. The number of carboxylic acid groups (broad SMARTS) is 1. The van der Waals surface area contributed by atoms with E-state index in [0.717, 1.165) is 50.1 Å². The van der Waals surface area contributed by atoms with E-state index in [9.17, 15) is 13.2 Å². The number of aromatic nitrogens is 3. The van der Waals surface area contributed by atoms with Gasteiger partial charge in [0.2, 0.25) is 11.8 Å². The number of carboxylic acids is 1. The summed E-state index contributed by atoms with van der Waals surface area (Å²) >= 11 is 12.7. The predicted molar refractivity (Wildman–Crippen MR) is 177 cm³/mol. The minimum Gasteiger partial charge on any atom is -0.481 e. The fourth-order valence-corrected chi connectivity index (χ4v) is 8.51. The number of pyridine rings is 1. The molecule has 46 heavy (non-hydrogen) atoms. The summed E-state index contributed by atoms with van der Waals surface area (Å²) in [6.07, 6.45) is 6.74. The van der Waals surface area contributed by atoms with Gasteiger partial charge in [0, 0.05) is 67.2 Å². The van der Waals surface area contributed by atoms with Crippen molar-refractivity contribution in [3.63, 3.8) is 0 Å². The molecule has 6 rings (SSSR count). The molecule has 3 aromatic rings. The van der Waals surface area contributed by atoms with Gasteiger partial charge >= 0.3 is 5.97 Å². The first-order valence-electron chi connectivity index (χ1n) is 15.6. The van der Waals surface area contributed by atoms with Gasteiger partial charge in [-0.25, -0.2) is 23.4 Å². The van der Waals surface area contributed by atoms with Crippen molar-refractivity contribution in [1.82, 2.24) is 24.8 Å². The topological polar surface area (TPSA) is 129 Å². The second-order valence-corrected chi connectivity index (χ2v) is 15.6. The molecule has 3 aliphatic rings. The largest absolute Gasteiger partial charge is 0.481 e. The summed E-state index contributed by atoms with van der Waals surface area (Å²) in [5.74, 6) is 2.25. The van der Waals surface area contributed by atoms with Crippen molar-refractivity contribution < 1.29 is 23.1 Å². The zero-order valence-corrected chi connectivity index (χ0v) is 28.0. The van der Waals surface area contributed by atoms with Crippen LogP contribution in [-0.2, 0) is 21.2 Å². The highest BCUT2D eigenvalue weighted by molar-refractivity contribution is 7.90. The number of nitrogens with zero attached hydrogens (tertiary/aromatic N) is 6. The number of rotatable bonds is 11. The lowest BCUT2D eigenvalue weighted by Crippen LogP contribution is -2.47. The molecule has 1 N–H and O–H groups in total. The number of ether oxygens (including phenoxy) is 1. The SMILES string of the molecule is CS(=O)(=O)CC1[C@H]2CCN(Cc3cc(Oc4cnc(N5CCN(CCC(=O)O)CC5)nc4)nc(-c4cc(Cl)cc(Cl)c4)c3)CC[C@@H]12. The molecule has 4 heterocycles. The molecule has 246 valence electrons. The number of halogens is 2.